The average molecular weight is 480 g/mol. The van der Waals surface area contributed by atoms with E-state index in [1.807, 2.05) is 24.3 Å². The van der Waals surface area contributed by atoms with Gasteiger partial charge in [-0.1, -0.05) is 25.0 Å². The summed E-state index contributed by atoms with van der Waals surface area (Å²) in [5.74, 6) is -0.336. The molecule has 1 saturated carbocycles. The van der Waals surface area contributed by atoms with Gasteiger partial charge in [0.25, 0.3) is 5.91 Å². The highest BCUT2D eigenvalue weighted by Gasteiger charge is 2.22. The van der Waals surface area contributed by atoms with Crippen molar-refractivity contribution in [1.29, 1.82) is 0 Å². The molecule has 0 spiro atoms. The van der Waals surface area contributed by atoms with Gasteiger partial charge in [0.1, 0.15) is 0 Å². The van der Waals surface area contributed by atoms with Crippen molar-refractivity contribution in [2.24, 2.45) is 11.1 Å². The number of nitrogens with one attached hydrogen (secondary N) is 2. The lowest BCUT2D eigenvalue weighted by Gasteiger charge is -2.12. The Balaban J connectivity index is 1.65. The molecule has 0 saturated heterocycles. The predicted molar refractivity (Wildman–Crippen MR) is 114 cm³/mol. The van der Waals surface area contributed by atoms with Crippen LogP contribution in [0.5, 0.6) is 0 Å². The van der Waals surface area contributed by atoms with Gasteiger partial charge >= 0.3 is 0 Å². The first-order valence-corrected chi connectivity index (χ1v) is 11.6. The minimum absolute atomic E-state index is 0.0347. The number of carbonyl (C=O) groups is 2. The number of carbonyl (C=O) groups excluding carboxylic acids is 2. The summed E-state index contributed by atoms with van der Waals surface area (Å²) >= 11 is 3.25. The van der Waals surface area contributed by atoms with E-state index in [2.05, 4.69) is 26.6 Å². The van der Waals surface area contributed by atoms with E-state index in [1.54, 1.807) is 0 Å². The van der Waals surface area contributed by atoms with Gasteiger partial charge in [-0.3, -0.25) is 9.59 Å². The summed E-state index contributed by atoms with van der Waals surface area (Å²) in [4.78, 5) is 24.7. The number of anilines is 1. The van der Waals surface area contributed by atoms with Gasteiger partial charge in [0.2, 0.25) is 15.9 Å². The van der Waals surface area contributed by atoms with E-state index < -0.39 is 15.9 Å². The van der Waals surface area contributed by atoms with Crippen LogP contribution in [-0.4, -0.2) is 20.2 Å². The zero-order chi connectivity index (χ0) is 21.0. The summed E-state index contributed by atoms with van der Waals surface area (Å²) in [7, 11) is -3.91. The molecule has 1 aliphatic rings. The number of amides is 2. The van der Waals surface area contributed by atoms with Crippen LogP contribution in [-0.2, 0) is 21.4 Å². The zero-order valence-electron chi connectivity index (χ0n) is 15.7. The maximum atomic E-state index is 12.5. The molecule has 0 aromatic heterocycles. The molecule has 1 aliphatic carbocycles. The lowest BCUT2D eigenvalue weighted by atomic mass is 10.1. The molecule has 29 heavy (non-hydrogen) atoms. The van der Waals surface area contributed by atoms with Crippen molar-refractivity contribution >= 4 is 43.5 Å². The second kappa shape index (κ2) is 9.06. The first kappa shape index (κ1) is 21.5. The molecule has 2 aromatic carbocycles. The Morgan fingerprint density at radius 3 is 2.52 bits per heavy atom. The van der Waals surface area contributed by atoms with Gasteiger partial charge < -0.3 is 10.6 Å². The van der Waals surface area contributed by atoms with Crippen molar-refractivity contribution in [1.82, 2.24) is 5.32 Å². The minimum atomic E-state index is -3.91. The average Bonchev–Trinajstić information content (AvgIpc) is 3.21. The number of nitrogens with two attached hydrogens (primary N) is 1. The van der Waals surface area contributed by atoms with Crippen molar-refractivity contribution < 1.29 is 18.0 Å². The highest BCUT2D eigenvalue weighted by atomic mass is 79.9. The van der Waals surface area contributed by atoms with Crippen LogP contribution in [0.2, 0.25) is 0 Å². The fraction of sp³-hybridized carbons (Fsp3) is 0.300. The van der Waals surface area contributed by atoms with Crippen LogP contribution in [0.1, 0.15) is 41.6 Å². The normalized spacial score (nSPS) is 14.6. The summed E-state index contributed by atoms with van der Waals surface area (Å²) in [5, 5.41) is 10.8. The molecular formula is C20H22BrN3O4S. The standard InChI is InChI=1S/C20H22BrN3O4S/c21-18-9-8-16(29(22,27)28)11-17(18)20(26)23-12-13-4-3-7-15(10-13)24-19(25)14-5-1-2-6-14/h3-4,7-11,14H,1-2,5-6,12H2,(H,23,26)(H,24,25)(H2,22,27,28). The van der Waals surface area contributed by atoms with Crippen LogP contribution in [0.15, 0.2) is 51.8 Å². The van der Waals surface area contributed by atoms with Crippen molar-refractivity contribution in [3.8, 4) is 0 Å². The summed E-state index contributed by atoms with van der Waals surface area (Å²) in [6.07, 6.45) is 4.03. The van der Waals surface area contributed by atoms with E-state index in [-0.39, 0.29) is 28.8 Å². The molecule has 1 fully saturated rings. The molecule has 9 heteroatoms. The number of hydrogen-bond donors (Lipinski definition) is 3. The topological polar surface area (TPSA) is 118 Å². The van der Waals surface area contributed by atoms with Gasteiger partial charge in [-0.2, -0.15) is 0 Å². The number of benzene rings is 2. The molecular weight excluding hydrogens is 458 g/mol. The number of halogens is 1. The van der Waals surface area contributed by atoms with Crippen molar-refractivity contribution in [3.63, 3.8) is 0 Å². The van der Waals surface area contributed by atoms with Gasteiger partial charge in [-0.15, -0.1) is 0 Å². The van der Waals surface area contributed by atoms with Crippen LogP contribution in [0.4, 0.5) is 5.69 Å². The molecule has 154 valence electrons. The third-order valence-electron chi connectivity index (χ3n) is 4.88. The number of rotatable bonds is 6. The summed E-state index contributed by atoms with van der Waals surface area (Å²) < 4.78 is 23.5. The maximum absolute atomic E-state index is 12.5. The first-order valence-electron chi connectivity index (χ1n) is 9.24. The Morgan fingerprint density at radius 1 is 1.10 bits per heavy atom. The van der Waals surface area contributed by atoms with Crippen molar-refractivity contribution in [2.75, 3.05) is 5.32 Å². The lowest BCUT2D eigenvalue weighted by Crippen LogP contribution is -2.24. The predicted octanol–water partition coefficient (Wildman–Crippen LogP) is 3.16. The third kappa shape index (κ3) is 5.65. The lowest BCUT2D eigenvalue weighted by molar-refractivity contribution is -0.119. The second-order valence-electron chi connectivity index (χ2n) is 7.04. The molecule has 0 atom stereocenters. The highest BCUT2D eigenvalue weighted by Crippen LogP contribution is 2.26. The van der Waals surface area contributed by atoms with Crippen LogP contribution < -0.4 is 15.8 Å². The van der Waals surface area contributed by atoms with Crippen LogP contribution in [0.25, 0.3) is 0 Å². The van der Waals surface area contributed by atoms with Gasteiger partial charge in [-0.05, 0) is 64.7 Å². The van der Waals surface area contributed by atoms with Gasteiger partial charge in [0.05, 0.1) is 10.5 Å². The summed E-state index contributed by atoms with van der Waals surface area (Å²) in [6, 6.07) is 11.3. The number of primary sulfonamides is 1. The van der Waals surface area contributed by atoms with Crippen molar-refractivity contribution in [3.05, 3.63) is 58.1 Å². The van der Waals surface area contributed by atoms with Gasteiger partial charge in [-0.25, -0.2) is 13.6 Å². The van der Waals surface area contributed by atoms with E-state index in [4.69, 9.17) is 5.14 Å². The summed E-state index contributed by atoms with van der Waals surface area (Å²) in [5.41, 5.74) is 1.66. The molecule has 2 aromatic rings. The molecule has 0 aliphatic heterocycles. The van der Waals surface area contributed by atoms with Crippen LogP contribution >= 0.6 is 15.9 Å². The van der Waals surface area contributed by atoms with Crippen LogP contribution in [0.3, 0.4) is 0 Å². The Bertz CT molecular complexity index is 1030. The Morgan fingerprint density at radius 2 is 1.83 bits per heavy atom. The molecule has 0 radical (unpaired) electrons. The van der Waals surface area contributed by atoms with E-state index >= 15 is 0 Å². The molecule has 0 bridgehead atoms. The Hall–Kier alpha value is -2.23. The fourth-order valence-electron chi connectivity index (χ4n) is 3.32. The second-order valence-corrected chi connectivity index (χ2v) is 9.46. The molecule has 7 nitrogen and oxygen atoms in total. The van der Waals surface area contributed by atoms with E-state index in [9.17, 15) is 18.0 Å². The molecule has 3 rings (SSSR count). The smallest absolute Gasteiger partial charge is 0.252 e. The summed E-state index contributed by atoms with van der Waals surface area (Å²) in [6.45, 7) is 0.220. The third-order valence-corrected chi connectivity index (χ3v) is 6.49. The Labute approximate surface area is 178 Å². The van der Waals surface area contributed by atoms with Crippen molar-refractivity contribution in [2.45, 2.75) is 37.1 Å². The molecule has 0 unspecified atom stereocenters. The molecule has 0 heterocycles. The molecule has 2 amide bonds. The Kier molecular flexibility index (Phi) is 6.71. The monoisotopic (exact) mass is 479 g/mol. The molecule has 4 N–H and O–H groups in total. The highest BCUT2D eigenvalue weighted by molar-refractivity contribution is 9.10. The first-order chi connectivity index (χ1) is 13.7. The van der Waals surface area contributed by atoms with E-state index in [0.717, 1.165) is 31.2 Å². The number of hydrogen-bond acceptors (Lipinski definition) is 4. The fourth-order valence-corrected chi connectivity index (χ4v) is 4.29. The quantitative estimate of drug-likeness (QED) is 0.589. The maximum Gasteiger partial charge on any atom is 0.252 e. The minimum Gasteiger partial charge on any atom is -0.348 e. The van der Waals surface area contributed by atoms with Gasteiger partial charge in [0.15, 0.2) is 0 Å². The van der Waals surface area contributed by atoms with E-state index in [0.29, 0.717) is 10.2 Å². The van der Waals surface area contributed by atoms with Gasteiger partial charge in [0, 0.05) is 22.6 Å². The largest absolute Gasteiger partial charge is 0.348 e. The number of sulfonamides is 1. The van der Waals surface area contributed by atoms with Crippen LogP contribution in [0, 0.1) is 5.92 Å². The van der Waals surface area contributed by atoms with E-state index in [1.165, 1.54) is 18.2 Å². The zero-order valence-corrected chi connectivity index (χ0v) is 18.1. The SMILES string of the molecule is NS(=O)(=O)c1ccc(Br)c(C(=O)NCc2cccc(NC(=O)C3CCCC3)c2)c1.